The molecule has 0 radical (unpaired) electrons. The third kappa shape index (κ3) is 4.13. The Kier molecular flexibility index (Phi) is 5.57. The van der Waals surface area contributed by atoms with Crippen LogP contribution in [0, 0.1) is 5.41 Å². The van der Waals surface area contributed by atoms with Gasteiger partial charge in [-0.3, -0.25) is 4.79 Å². The number of allylic oxidation sites excluding steroid dienone is 2. The molecule has 0 fully saturated rings. The van der Waals surface area contributed by atoms with E-state index in [9.17, 15) is 13.6 Å². The minimum atomic E-state index is -2.72. The molecule has 0 saturated heterocycles. The second-order valence-corrected chi connectivity index (χ2v) is 5.19. The molecule has 3 N–H and O–H groups in total. The highest BCUT2D eigenvalue weighted by atomic mass is 19.3. The molecule has 0 unspecified atom stereocenters. The predicted molar refractivity (Wildman–Crippen MR) is 90.6 cm³/mol. The van der Waals surface area contributed by atoms with Crippen molar-refractivity contribution in [2.24, 2.45) is 4.99 Å². The molecule has 0 spiro atoms. The number of hydrogen-bond acceptors (Lipinski definition) is 4. The topological polar surface area (TPSA) is 77.3 Å². The molecule has 126 valence electrons. The normalized spacial score (nSPS) is 16.0. The van der Waals surface area contributed by atoms with Crippen LogP contribution in [-0.2, 0) is 11.2 Å². The van der Waals surface area contributed by atoms with Crippen LogP contribution in [0.25, 0.3) is 0 Å². The number of halogens is 2. The Bertz CT molecular complexity index is 733. The van der Waals surface area contributed by atoms with Gasteiger partial charge in [-0.05, 0) is 37.1 Å². The van der Waals surface area contributed by atoms with Gasteiger partial charge in [0.2, 0.25) is 0 Å². The van der Waals surface area contributed by atoms with Crippen molar-refractivity contribution in [1.82, 2.24) is 5.32 Å². The van der Waals surface area contributed by atoms with E-state index in [-0.39, 0.29) is 17.1 Å². The highest BCUT2D eigenvalue weighted by molar-refractivity contribution is 6.18. The molecular weight excluding hydrogens is 314 g/mol. The van der Waals surface area contributed by atoms with Gasteiger partial charge in [0.15, 0.2) is 0 Å². The van der Waals surface area contributed by atoms with Crippen LogP contribution in [-0.4, -0.2) is 24.3 Å². The zero-order chi connectivity index (χ0) is 17.7. The number of rotatable bonds is 5. The van der Waals surface area contributed by atoms with Crippen molar-refractivity contribution in [3.8, 4) is 0 Å². The molecule has 0 aromatic heterocycles. The molecule has 1 aromatic carbocycles. The summed E-state index contributed by atoms with van der Waals surface area (Å²) in [5.74, 6) is -0.660. The number of anilines is 1. The molecule has 1 heterocycles. The summed E-state index contributed by atoms with van der Waals surface area (Å²) in [5.41, 5.74) is 1.54. The van der Waals surface area contributed by atoms with Gasteiger partial charge >= 0.3 is 0 Å². The lowest BCUT2D eigenvalue weighted by atomic mass is 10.1. The van der Waals surface area contributed by atoms with Crippen molar-refractivity contribution in [3.05, 3.63) is 53.0 Å². The average molecular weight is 332 g/mol. The summed E-state index contributed by atoms with van der Waals surface area (Å²) in [5, 5.41) is 12.5. The molecule has 0 saturated carbocycles. The number of alkyl halides is 2. The highest BCUT2D eigenvalue weighted by Crippen LogP contribution is 2.17. The van der Waals surface area contributed by atoms with Gasteiger partial charge in [-0.1, -0.05) is 19.1 Å². The standard InChI is InChI=1S/C17H18F2N4O/c1-3-11-4-6-12(7-5-11)22-17(24)13(9-20)16-21-10(2)8-14(23-16)15(18)19/h4-9,15,20,23H,3H2,1-2H3,(H,22,24)/b16-13+,20-9?. The van der Waals surface area contributed by atoms with Crippen LogP contribution in [0.4, 0.5) is 14.5 Å². The molecule has 1 aliphatic heterocycles. The molecule has 0 bridgehead atoms. The third-order valence-electron chi connectivity index (χ3n) is 3.41. The summed E-state index contributed by atoms with van der Waals surface area (Å²) < 4.78 is 25.8. The summed E-state index contributed by atoms with van der Waals surface area (Å²) in [7, 11) is 0. The average Bonchev–Trinajstić information content (AvgIpc) is 2.55. The van der Waals surface area contributed by atoms with Crippen molar-refractivity contribution >= 4 is 23.5 Å². The Labute approximate surface area is 138 Å². The first-order chi connectivity index (χ1) is 11.4. The Morgan fingerprint density at radius 2 is 2.04 bits per heavy atom. The van der Waals surface area contributed by atoms with E-state index >= 15 is 0 Å². The number of nitrogens with zero attached hydrogens (tertiary/aromatic N) is 1. The minimum absolute atomic E-state index is 0.0667. The van der Waals surface area contributed by atoms with Gasteiger partial charge in [0.05, 0.1) is 11.3 Å². The fourth-order valence-corrected chi connectivity index (χ4v) is 2.14. The predicted octanol–water partition coefficient (Wildman–Crippen LogP) is 3.26. The summed E-state index contributed by atoms with van der Waals surface area (Å²) in [6.45, 7) is 3.57. The molecular formula is C17H18F2N4O. The molecule has 1 aromatic rings. The van der Waals surface area contributed by atoms with E-state index in [1.165, 1.54) is 6.08 Å². The zero-order valence-corrected chi connectivity index (χ0v) is 13.4. The maximum absolute atomic E-state index is 12.9. The molecule has 0 atom stereocenters. The van der Waals surface area contributed by atoms with Crippen LogP contribution >= 0.6 is 0 Å². The van der Waals surface area contributed by atoms with Crippen LogP contribution in [0.5, 0.6) is 0 Å². The molecule has 24 heavy (non-hydrogen) atoms. The van der Waals surface area contributed by atoms with Crippen molar-refractivity contribution in [3.63, 3.8) is 0 Å². The maximum atomic E-state index is 12.9. The molecule has 2 rings (SSSR count). The van der Waals surface area contributed by atoms with Gasteiger partial charge in [0.25, 0.3) is 12.3 Å². The number of aryl methyl sites for hydroxylation is 1. The summed E-state index contributed by atoms with van der Waals surface area (Å²) in [6.07, 6.45) is 0.160. The van der Waals surface area contributed by atoms with E-state index in [0.717, 1.165) is 18.2 Å². The third-order valence-corrected chi connectivity index (χ3v) is 3.41. The SMILES string of the molecule is CCc1ccc(NC(=O)/C(C=N)=C2\N=C(C)C=C(C(F)F)N2)cc1. The van der Waals surface area contributed by atoms with Crippen molar-refractivity contribution in [2.75, 3.05) is 5.32 Å². The van der Waals surface area contributed by atoms with Gasteiger partial charge in [-0.2, -0.15) is 0 Å². The number of hydrogen-bond donors (Lipinski definition) is 3. The molecule has 7 heteroatoms. The fourth-order valence-electron chi connectivity index (χ4n) is 2.14. The van der Waals surface area contributed by atoms with Gasteiger partial charge in [-0.25, -0.2) is 13.8 Å². The lowest BCUT2D eigenvalue weighted by Crippen LogP contribution is -2.27. The van der Waals surface area contributed by atoms with Crippen LogP contribution in [0.2, 0.25) is 0 Å². The van der Waals surface area contributed by atoms with Gasteiger partial charge in [0.1, 0.15) is 5.82 Å². The van der Waals surface area contributed by atoms with E-state index in [0.29, 0.717) is 11.4 Å². The van der Waals surface area contributed by atoms with Crippen molar-refractivity contribution in [1.29, 1.82) is 5.41 Å². The van der Waals surface area contributed by atoms with Gasteiger partial charge in [-0.15, -0.1) is 0 Å². The van der Waals surface area contributed by atoms with E-state index in [1.54, 1.807) is 19.1 Å². The Hall–Kier alpha value is -2.83. The first-order valence-corrected chi connectivity index (χ1v) is 7.41. The monoisotopic (exact) mass is 332 g/mol. The Morgan fingerprint density at radius 3 is 2.58 bits per heavy atom. The number of aliphatic imine (C=N–C) groups is 1. The summed E-state index contributed by atoms with van der Waals surface area (Å²) >= 11 is 0. The smallest absolute Gasteiger partial charge is 0.278 e. The molecule has 5 nitrogen and oxygen atoms in total. The van der Waals surface area contributed by atoms with Gasteiger partial charge in [0, 0.05) is 17.6 Å². The summed E-state index contributed by atoms with van der Waals surface area (Å²) in [4.78, 5) is 16.4. The van der Waals surface area contributed by atoms with Crippen molar-refractivity contribution < 1.29 is 13.6 Å². The number of benzene rings is 1. The first-order valence-electron chi connectivity index (χ1n) is 7.41. The van der Waals surface area contributed by atoms with Crippen LogP contribution in [0.3, 0.4) is 0 Å². The van der Waals surface area contributed by atoms with Crippen molar-refractivity contribution in [2.45, 2.75) is 26.7 Å². The largest absolute Gasteiger partial charge is 0.338 e. The molecule has 1 aliphatic rings. The molecule has 1 amide bonds. The highest BCUT2D eigenvalue weighted by Gasteiger charge is 2.21. The molecule has 0 aliphatic carbocycles. The van der Waals surface area contributed by atoms with E-state index < -0.39 is 12.3 Å². The lowest BCUT2D eigenvalue weighted by Gasteiger charge is -2.18. The zero-order valence-electron chi connectivity index (χ0n) is 13.4. The second-order valence-electron chi connectivity index (χ2n) is 5.19. The number of nitrogens with one attached hydrogen (secondary N) is 3. The van der Waals surface area contributed by atoms with E-state index in [2.05, 4.69) is 15.6 Å². The van der Waals surface area contributed by atoms with E-state index in [1.807, 2.05) is 19.1 Å². The number of carbonyl (C=O) groups is 1. The Balaban J connectivity index is 2.25. The van der Waals surface area contributed by atoms with Crippen LogP contribution in [0.15, 0.2) is 52.4 Å². The maximum Gasteiger partial charge on any atom is 0.278 e. The quantitative estimate of drug-likeness (QED) is 0.572. The lowest BCUT2D eigenvalue weighted by molar-refractivity contribution is -0.112. The Morgan fingerprint density at radius 1 is 1.38 bits per heavy atom. The number of amides is 1. The second kappa shape index (κ2) is 7.63. The fraction of sp³-hybridized carbons (Fsp3) is 0.235. The van der Waals surface area contributed by atoms with Gasteiger partial charge < -0.3 is 16.0 Å². The van der Waals surface area contributed by atoms with Crippen LogP contribution in [0.1, 0.15) is 19.4 Å². The van der Waals surface area contributed by atoms with E-state index in [4.69, 9.17) is 5.41 Å². The summed E-state index contributed by atoms with van der Waals surface area (Å²) in [6, 6.07) is 7.25. The number of carbonyl (C=O) groups excluding carboxylic acids is 1. The minimum Gasteiger partial charge on any atom is -0.338 e. The first kappa shape index (κ1) is 17.5. The van der Waals surface area contributed by atoms with Crippen LogP contribution < -0.4 is 10.6 Å².